The number of carbonyl (C=O) groups is 1. The molecule has 0 aromatic heterocycles. The molecule has 2 heterocycles. The maximum absolute atomic E-state index is 13.5. The van der Waals surface area contributed by atoms with Crippen LogP contribution in [0.2, 0.25) is 0 Å². The van der Waals surface area contributed by atoms with E-state index in [4.69, 9.17) is 9.98 Å². The Hall–Kier alpha value is -3.25. The van der Waals surface area contributed by atoms with Gasteiger partial charge in [-0.25, -0.2) is 14.3 Å². The third-order valence-electron chi connectivity index (χ3n) is 5.08. The van der Waals surface area contributed by atoms with Gasteiger partial charge in [0.05, 0.1) is 5.69 Å². The van der Waals surface area contributed by atoms with E-state index in [-0.39, 0.29) is 11.7 Å². The summed E-state index contributed by atoms with van der Waals surface area (Å²) in [6, 6.07) is 23.6. The van der Waals surface area contributed by atoms with Crippen LogP contribution in [0.1, 0.15) is 16.7 Å². The van der Waals surface area contributed by atoms with Gasteiger partial charge >= 0.3 is 0 Å². The number of para-hydroxylation sites is 1. The number of amides is 1. The number of halogens is 1. The Morgan fingerprint density at radius 1 is 0.933 bits per heavy atom. The number of carbonyl (C=O) groups excluding carboxylic acids is 1. The summed E-state index contributed by atoms with van der Waals surface area (Å²) in [5.74, 6) is 0.813. The lowest BCUT2D eigenvalue weighted by molar-refractivity contribution is -0.124. The molecule has 0 aliphatic carbocycles. The second kappa shape index (κ2) is 7.88. The van der Waals surface area contributed by atoms with Crippen LogP contribution in [-0.2, 0) is 17.0 Å². The van der Waals surface area contributed by atoms with Gasteiger partial charge in [0.15, 0.2) is 5.17 Å². The second-order valence-corrected chi connectivity index (χ2v) is 8.10. The summed E-state index contributed by atoms with van der Waals surface area (Å²) in [5.41, 5.74) is 3.56. The molecule has 0 N–H and O–H groups in total. The minimum atomic E-state index is -0.478. The van der Waals surface area contributed by atoms with Crippen LogP contribution in [0.5, 0.6) is 0 Å². The Morgan fingerprint density at radius 3 is 2.53 bits per heavy atom. The zero-order chi connectivity index (χ0) is 20.5. The number of amidine groups is 2. The zero-order valence-corrected chi connectivity index (χ0v) is 16.8. The molecular formula is C24H18FN3OS. The van der Waals surface area contributed by atoms with Crippen molar-refractivity contribution in [3.63, 3.8) is 0 Å². The molecule has 4 nitrogen and oxygen atoms in total. The molecule has 0 saturated carbocycles. The molecular weight excluding hydrogens is 397 g/mol. The Morgan fingerprint density at radius 2 is 1.70 bits per heavy atom. The van der Waals surface area contributed by atoms with Gasteiger partial charge in [-0.2, -0.15) is 0 Å². The third-order valence-corrected chi connectivity index (χ3v) is 6.09. The maximum atomic E-state index is 13.5. The molecule has 6 heteroatoms. The van der Waals surface area contributed by atoms with Crippen molar-refractivity contribution in [1.82, 2.24) is 4.90 Å². The summed E-state index contributed by atoms with van der Waals surface area (Å²) in [5, 5.41) is 0.581. The number of aliphatic imine (C=N–C) groups is 2. The first-order valence-corrected chi connectivity index (χ1v) is 10.7. The monoisotopic (exact) mass is 415 g/mol. The highest BCUT2D eigenvalue weighted by Gasteiger charge is 2.41. The molecule has 0 radical (unpaired) electrons. The molecule has 3 aromatic rings. The van der Waals surface area contributed by atoms with Crippen molar-refractivity contribution in [3.8, 4) is 0 Å². The highest BCUT2D eigenvalue weighted by Crippen LogP contribution is 2.34. The van der Waals surface area contributed by atoms with E-state index >= 15 is 0 Å². The normalized spacial score (nSPS) is 17.3. The Labute approximate surface area is 178 Å². The lowest BCUT2D eigenvalue weighted by Gasteiger charge is -2.25. The molecule has 3 aromatic carbocycles. The highest BCUT2D eigenvalue weighted by molar-refractivity contribution is 8.13. The highest BCUT2D eigenvalue weighted by atomic mass is 32.2. The molecule has 0 fully saturated rings. The number of hydrogen-bond acceptors (Lipinski definition) is 4. The van der Waals surface area contributed by atoms with Crippen LogP contribution in [0, 0.1) is 5.82 Å². The zero-order valence-electron chi connectivity index (χ0n) is 16.0. The van der Waals surface area contributed by atoms with Gasteiger partial charge in [-0.3, -0.25) is 9.79 Å². The van der Waals surface area contributed by atoms with Crippen LogP contribution in [0.3, 0.4) is 0 Å². The number of nitrogens with zero attached hydrogens (tertiary/aromatic N) is 3. The van der Waals surface area contributed by atoms with Crippen LogP contribution >= 0.6 is 11.8 Å². The summed E-state index contributed by atoms with van der Waals surface area (Å²) in [6.07, 6.45) is 0.545. The molecule has 1 amide bonds. The van der Waals surface area contributed by atoms with Crippen molar-refractivity contribution in [2.24, 2.45) is 9.98 Å². The Kier molecular flexibility index (Phi) is 4.93. The second-order valence-electron chi connectivity index (χ2n) is 7.16. The first kappa shape index (κ1) is 18.8. The van der Waals surface area contributed by atoms with Crippen LogP contribution in [0.15, 0.2) is 88.8 Å². The summed E-state index contributed by atoms with van der Waals surface area (Å²) in [7, 11) is 0. The summed E-state index contributed by atoms with van der Waals surface area (Å²) in [4.78, 5) is 24.4. The van der Waals surface area contributed by atoms with Gasteiger partial charge in [0, 0.05) is 17.7 Å². The lowest BCUT2D eigenvalue weighted by Crippen LogP contribution is -2.41. The molecule has 2 aliphatic rings. The van der Waals surface area contributed by atoms with E-state index in [0.717, 1.165) is 22.4 Å². The lowest BCUT2D eigenvalue weighted by atomic mass is 10.1. The van der Waals surface area contributed by atoms with Gasteiger partial charge in [-0.1, -0.05) is 66.4 Å². The summed E-state index contributed by atoms with van der Waals surface area (Å²) >= 11 is 1.42. The van der Waals surface area contributed by atoms with Gasteiger partial charge in [-0.15, -0.1) is 0 Å². The first-order valence-electron chi connectivity index (χ1n) is 9.70. The molecule has 30 heavy (non-hydrogen) atoms. The largest absolute Gasteiger partial charge is 0.271 e. The van der Waals surface area contributed by atoms with Gasteiger partial charge in [0.25, 0.3) is 5.91 Å². The number of hydrogen-bond donors (Lipinski definition) is 0. The predicted octanol–water partition coefficient (Wildman–Crippen LogP) is 4.96. The molecule has 148 valence electrons. The number of thioether (sulfide) groups is 1. The number of fused-ring (bicyclic) bond motifs is 3. The van der Waals surface area contributed by atoms with Crippen molar-refractivity contribution < 1.29 is 9.18 Å². The first-order chi connectivity index (χ1) is 14.7. The molecule has 2 aliphatic heterocycles. The van der Waals surface area contributed by atoms with E-state index in [1.165, 1.54) is 23.9 Å². The predicted molar refractivity (Wildman–Crippen MR) is 119 cm³/mol. The van der Waals surface area contributed by atoms with E-state index in [1.54, 1.807) is 11.0 Å². The molecule has 1 atom stereocenters. The topological polar surface area (TPSA) is 45.0 Å². The quantitative estimate of drug-likeness (QED) is 0.605. The summed E-state index contributed by atoms with van der Waals surface area (Å²) < 4.78 is 13.5. The standard InChI is InChI=1S/C24H18FN3OS/c25-18-10-6-9-17(13-18)15-30-24-27-20-12-5-4-11-19(20)22-26-21(23(29)28(22)24)14-16-7-2-1-3-8-16/h1-13,21H,14-15H2/t21-/m1/s1. The van der Waals surface area contributed by atoms with Crippen molar-refractivity contribution in [2.75, 3.05) is 0 Å². The van der Waals surface area contributed by atoms with Crippen LogP contribution < -0.4 is 0 Å². The van der Waals surface area contributed by atoms with Gasteiger partial charge in [0.2, 0.25) is 0 Å². The van der Waals surface area contributed by atoms with Crippen LogP contribution in [0.4, 0.5) is 10.1 Å². The van der Waals surface area contributed by atoms with E-state index in [1.807, 2.05) is 60.7 Å². The SMILES string of the molecule is O=C1[C@@H](Cc2ccccc2)N=C2c3ccccc3N=C(SCc3cccc(F)c3)N12. The third kappa shape index (κ3) is 3.55. The molecule has 0 unspecified atom stereocenters. The Bertz CT molecular complexity index is 1180. The minimum absolute atomic E-state index is 0.0751. The van der Waals surface area contributed by atoms with Gasteiger partial charge in [-0.05, 0) is 35.4 Å². The minimum Gasteiger partial charge on any atom is -0.271 e. The Balaban J connectivity index is 1.46. The fraction of sp³-hybridized carbons (Fsp3) is 0.125. The van der Waals surface area contributed by atoms with Crippen molar-refractivity contribution in [2.45, 2.75) is 18.2 Å². The maximum Gasteiger partial charge on any atom is 0.259 e. The van der Waals surface area contributed by atoms with E-state index in [2.05, 4.69) is 0 Å². The van der Waals surface area contributed by atoms with E-state index in [9.17, 15) is 9.18 Å². The van der Waals surface area contributed by atoms with Crippen molar-refractivity contribution >= 4 is 34.4 Å². The van der Waals surface area contributed by atoms with E-state index < -0.39 is 6.04 Å². The molecule has 0 saturated heterocycles. The van der Waals surface area contributed by atoms with E-state index in [0.29, 0.717) is 23.2 Å². The van der Waals surface area contributed by atoms with Crippen molar-refractivity contribution in [1.29, 1.82) is 0 Å². The summed E-state index contributed by atoms with van der Waals surface area (Å²) in [6.45, 7) is 0. The van der Waals surface area contributed by atoms with Crippen LogP contribution in [-0.4, -0.2) is 27.9 Å². The van der Waals surface area contributed by atoms with Gasteiger partial charge < -0.3 is 0 Å². The average molecular weight is 415 g/mol. The fourth-order valence-electron chi connectivity index (χ4n) is 3.64. The van der Waals surface area contributed by atoms with Crippen LogP contribution in [0.25, 0.3) is 0 Å². The molecule has 0 spiro atoms. The molecule has 0 bridgehead atoms. The number of rotatable bonds is 4. The smallest absolute Gasteiger partial charge is 0.259 e. The molecule has 5 rings (SSSR count). The average Bonchev–Trinajstić information content (AvgIpc) is 3.09. The number of benzene rings is 3. The fourth-order valence-corrected chi connectivity index (χ4v) is 4.59. The van der Waals surface area contributed by atoms with Gasteiger partial charge in [0.1, 0.15) is 17.7 Å². The van der Waals surface area contributed by atoms with Crippen molar-refractivity contribution in [3.05, 3.63) is 101 Å².